The summed E-state index contributed by atoms with van der Waals surface area (Å²) in [5.41, 5.74) is 5.58. The number of likely N-dealkylation sites (tertiary alicyclic amines) is 1. The van der Waals surface area contributed by atoms with Crippen LogP contribution >= 0.6 is 12.4 Å². The van der Waals surface area contributed by atoms with E-state index in [0.717, 1.165) is 5.56 Å². The molecule has 35 heavy (non-hydrogen) atoms. The zero-order valence-corrected chi connectivity index (χ0v) is 21.6. The number of rotatable bonds is 10. The first-order chi connectivity index (χ1) is 15.9. The molecule has 10 nitrogen and oxygen atoms in total. The molecule has 1 aliphatic rings. The fourth-order valence-electron chi connectivity index (χ4n) is 4.02. The highest BCUT2D eigenvalue weighted by atomic mass is 35.5. The van der Waals surface area contributed by atoms with Gasteiger partial charge >= 0.3 is 0 Å². The van der Waals surface area contributed by atoms with Crippen molar-refractivity contribution in [2.75, 3.05) is 13.6 Å². The van der Waals surface area contributed by atoms with E-state index in [0.29, 0.717) is 19.4 Å². The minimum atomic E-state index is -1.58. The van der Waals surface area contributed by atoms with Crippen LogP contribution in [0.2, 0.25) is 0 Å². The number of likely N-dealkylation sites (N-methyl/N-ethyl adjacent to an activating group) is 1. The molecule has 1 heterocycles. The number of carbonyl (C=O) groups is 4. The average molecular weight is 512 g/mol. The number of nitrogens with two attached hydrogens (primary N) is 1. The lowest BCUT2D eigenvalue weighted by atomic mass is 9.99. The number of primary amides is 1. The van der Waals surface area contributed by atoms with Gasteiger partial charge in [0.1, 0.15) is 6.04 Å². The lowest BCUT2D eigenvalue weighted by Gasteiger charge is -2.32. The molecule has 0 radical (unpaired) electrons. The van der Waals surface area contributed by atoms with E-state index in [2.05, 4.69) is 16.0 Å². The van der Waals surface area contributed by atoms with Crippen LogP contribution in [0.3, 0.4) is 0 Å². The molecule has 6 N–H and O–H groups in total. The molecule has 4 atom stereocenters. The molecule has 1 fully saturated rings. The Kier molecular flexibility index (Phi) is 11.6. The third-order valence-corrected chi connectivity index (χ3v) is 5.67. The Hall–Kier alpha value is -2.69. The number of benzene rings is 1. The highest BCUT2D eigenvalue weighted by Gasteiger charge is 2.40. The zero-order chi connectivity index (χ0) is 25.5. The Labute approximate surface area is 212 Å². The minimum Gasteiger partial charge on any atom is -0.381 e. The van der Waals surface area contributed by atoms with Crippen LogP contribution < -0.4 is 21.7 Å². The van der Waals surface area contributed by atoms with Crippen LogP contribution in [0.4, 0.5) is 0 Å². The van der Waals surface area contributed by atoms with Gasteiger partial charge < -0.3 is 31.7 Å². The summed E-state index contributed by atoms with van der Waals surface area (Å²) in [6, 6.07) is 6.56. The number of aliphatic hydroxyl groups is 1. The maximum Gasteiger partial charge on any atom is 0.254 e. The standard InChI is InChI=1S/C24H37N5O5.ClH/c1-24(2,3)28-22(33)18-11-8-12-29(18)23(34)20(31)16(13-15-9-6-5-7-10-15)27-21(32)17(26-4)14-19(25)30;/h5-7,9-10,16-18,20,26,31H,8,11-14H2,1-4H3,(H2,25,30)(H,27,32)(H,28,33);1H/t16-,17-,18-,20-;/m0./s1. The summed E-state index contributed by atoms with van der Waals surface area (Å²) >= 11 is 0. The van der Waals surface area contributed by atoms with Crippen LogP contribution in [0.5, 0.6) is 0 Å². The number of nitrogens with one attached hydrogen (secondary N) is 3. The smallest absolute Gasteiger partial charge is 0.254 e. The van der Waals surface area contributed by atoms with Crippen LogP contribution in [0.1, 0.15) is 45.6 Å². The molecule has 0 aromatic heterocycles. The van der Waals surface area contributed by atoms with Gasteiger partial charge in [-0.05, 0) is 52.6 Å². The van der Waals surface area contributed by atoms with Gasteiger partial charge in [-0.1, -0.05) is 30.3 Å². The van der Waals surface area contributed by atoms with Gasteiger partial charge in [-0.3, -0.25) is 19.2 Å². The van der Waals surface area contributed by atoms with Crippen molar-refractivity contribution in [3.05, 3.63) is 35.9 Å². The van der Waals surface area contributed by atoms with Crippen molar-refractivity contribution in [3.8, 4) is 0 Å². The van der Waals surface area contributed by atoms with Gasteiger partial charge in [-0.25, -0.2) is 0 Å². The molecule has 0 spiro atoms. The third-order valence-electron chi connectivity index (χ3n) is 5.67. The fraction of sp³-hybridized carbons (Fsp3) is 0.583. The molecule has 2 rings (SSSR count). The average Bonchev–Trinajstić information content (AvgIpc) is 3.25. The molecule has 4 amide bonds. The van der Waals surface area contributed by atoms with E-state index in [1.807, 2.05) is 51.1 Å². The molecule has 1 aromatic carbocycles. The van der Waals surface area contributed by atoms with E-state index in [1.165, 1.54) is 11.9 Å². The first-order valence-electron chi connectivity index (χ1n) is 11.5. The van der Waals surface area contributed by atoms with E-state index in [9.17, 15) is 24.3 Å². The largest absolute Gasteiger partial charge is 0.381 e. The number of amides is 4. The molecule has 0 unspecified atom stereocenters. The highest BCUT2D eigenvalue weighted by molar-refractivity contribution is 5.92. The molecule has 196 valence electrons. The third kappa shape index (κ3) is 9.12. The first kappa shape index (κ1) is 30.3. The monoisotopic (exact) mass is 511 g/mol. The van der Waals surface area contributed by atoms with Gasteiger partial charge in [0.05, 0.1) is 18.5 Å². The maximum absolute atomic E-state index is 13.3. The van der Waals surface area contributed by atoms with Crippen LogP contribution in [0, 0.1) is 0 Å². The van der Waals surface area contributed by atoms with Crippen LogP contribution in [-0.2, 0) is 25.6 Å². The number of nitrogens with zero attached hydrogens (tertiary/aromatic N) is 1. The number of carbonyl (C=O) groups excluding carboxylic acids is 4. The van der Waals surface area contributed by atoms with E-state index in [1.54, 1.807) is 0 Å². The summed E-state index contributed by atoms with van der Waals surface area (Å²) in [5, 5.41) is 19.4. The van der Waals surface area contributed by atoms with Gasteiger partial charge in [-0.2, -0.15) is 0 Å². The summed E-state index contributed by atoms with van der Waals surface area (Å²) < 4.78 is 0. The maximum atomic E-state index is 13.3. The van der Waals surface area contributed by atoms with Crippen molar-refractivity contribution in [2.45, 2.75) is 76.2 Å². The Morgan fingerprint density at radius 2 is 1.80 bits per heavy atom. The van der Waals surface area contributed by atoms with Crippen molar-refractivity contribution >= 4 is 36.0 Å². The summed E-state index contributed by atoms with van der Waals surface area (Å²) in [6.07, 6.45) is -0.503. The van der Waals surface area contributed by atoms with Crippen molar-refractivity contribution in [1.29, 1.82) is 0 Å². The van der Waals surface area contributed by atoms with Crippen molar-refractivity contribution in [3.63, 3.8) is 0 Å². The van der Waals surface area contributed by atoms with Crippen molar-refractivity contribution in [1.82, 2.24) is 20.9 Å². The van der Waals surface area contributed by atoms with Gasteiger partial charge in [0, 0.05) is 12.1 Å². The van der Waals surface area contributed by atoms with Crippen LogP contribution in [0.25, 0.3) is 0 Å². The van der Waals surface area contributed by atoms with Gasteiger partial charge in [0.15, 0.2) is 6.10 Å². The van der Waals surface area contributed by atoms with Gasteiger partial charge in [0.2, 0.25) is 17.7 Å². The molecule has 1 aliphatic heterocycles. The molecule has 1 aromatic rings. The molecule has 1 saturated heterocycles. The lowest BCUT2D eigenvalue weighted by molar-refractivity contribution is -0.147. The Morgan fingerprint density at radius 3 is 2.34 bits per heavy atom. The van der Waals surface area contributed by atoms with E-state index in [-0.39, 0.29) is 31.2 Å². The summed E-state index contributed by atoms with van der Waals surface area (Å²) in [6.45, 7) is 5.91. The number of aliphatic hydroxyl groups excluding tert-OH is 1. The fourth-order valence-corrected chi connectivity index (χ4v) is 4.02. The normalized spacial score (nSPS) is 18.1. The molecule has 0 aliphatic carbocycles. The molecule has 11 heteroatoms. The Bertz CT molecular complexity index is 877. The predicted octanol–water partition coefficient (Wildman–Crippen LogP) is -0.134. The molecular formula is C24H38ClN5O5. The summed E-state index contributed by atoms with van der Waals surface area (Å²) in [7, 11) is 1.52. The number of halogens is 1. The summed E-state index contributed by atoms with van der Waals surface area (Å²) in [4.78, 5) is 51.6. The van der Waals surface area contributed by atoms with Gasteiger partial charge in [-0.15, -0.1) is 12.4 Å². The summed E-state index contributed by atoms with van der Waals surface area (Å²) in [5.74, 6) is -2.11. The van der Waals surface area contributed by atoms with E-state index in [4.69, 9.17) is 5.73 Å². The van der Waals surface area contributed by atoms with Crippen LogP contribution in [0.15, 0.2) is 30.3 Å². The van der Waals surface area contributed by atoms with Crippen molar-refractivity contribution < 1.29 is 24.3 Å². The quantitative estimate of drug-likeness (QED) is 0.295. The number of hydrogen-bond donors (Lipinski definition) is 5. The Morgan fingerprint density at radius 1 is 1.17 bits per heavy atom. The van der Waals surface area contributed by atoms with Crippen LogP contribution in [-0.4, -0.2) is 77.0 Å². The molecule has 0 bridgehead atoms. The number of hydrogen-bond acceptors (Lipinski definition) is 6. The minimum absolute atomic E-state index is 0. The topological polar surface area (TPSA) is 154 Å². The van der Waals surface area contributed by atoms with E-state index < -0.39 is 47.5 Å². The van der Waals surface area contributed by atoms with E-state index >= 15 is 0 Å². The first-order valence-corrected chi connectivity index (χ1v) is 11.5. The highest BCUT2D eigenvalue weighted by Crippen LogP contribution is 2.21. The van der Waals surface area contributed by atoms with Gasteiger partial charge in [0.25, 0.3) is 5.91 Å². The molecule has 0 saturated carbocycles. The second-order valence-corrected chi connectivity index (χ2v) is 9.69. The zero-order valence-electron chi connectivity index (χ0n) is 20.7. The second kappa shape index (κ2) is 13.4. The lowest BCUT2D eigenvalue weighted by Crippen LogP contribution is -2.58. The SMILES string of the molecule is CN[C@@H](CC(N)=O)C(=O)N[C@@H](Cc1ccccc1)[C@H](O)C(=O)N1CCC[C@H]1C(=O)NC(C)(C)C.Cl. The molecular weight excluding hydrogens is 474 g/mol. The second-order valence-electron chi connectivity index (χ2n) is 9.69. The predicted molar refractivity (Wildman–Crippen MR) is 135 cm³/mol. The Balaban J connectivity index is 0.00000612. The van der Waals surface area contributed by atoms with Crippen molar-refractivity contribution in [2.24, 2.45) is 5.73 Å².